The number of carbonyl (C=O) groups excluding carboxylic acids is 1. The van der Waals surface area contributed by atoms with Gasteiger partial charge in [0.25, 0.3) is 5.91 Å². The first kappa shape index (κ1) is 18.0. The van der Waals surface area contributed by atoms with Crippen molar-refractivity contribution in [2.24, 2.45) is 0 Å². The van der Waals surface area contributed by atoms with E-state index in [2.05, 4.69) is 43.3 Å². The first-order valence-corrected chi connectivity index (χ1v) is 8.52. The lowest BCUT2D eigenvalue weighted by molar-refractivity contribution is 0.102. The van der Waals surface area contributed by atoms with Crippen molar-refractivity contribution < 1.29 is 4.79 Å². The second-order valence-corrected chi connectivity index (χ2v) is 6.99. The van der Waals surface area contributed by atoms with Crippen molar-refractivity contribution >= 4 is 17.4 Å². The lowest BCUT2D eigenvalue weighted by Gasteiger charge is -2.19. The van der Waals surface area contributed by atoms with E-state index in [1.54, 1.807) is 6.20 Å². The molecule has 0 spiro atoms. The standard InChI is InChI=1S/C20H27N3O/c1-5-6-13-21-17-11-12-18(22-14-17)23-19(24)15-7-9-16(10-8-15)20(2,3)4/h7-12,14,21H,5-6,13H2,1-4H3,(H,22,23,24). The number of benzene rings is 1. The number of amides is 1. The first-order valence-electron chi connectivity index (χ1n) is 8.52. The Morgan fingerprint density at radius 3 is 2.33 bits per heavy atom. The van der Waals surface area contributed by atoms with Gasteiger partial charge in [-0.15, -0.1) is 0 Å². The number of hydrogen-bond donors (Lipinski definition) is 2. The van der Waals surface area contributed by atoms with Gasteiger partial charge in [0.1, 0.15) is 5.82 Å². The lowest BCUT2D eigenvalue weighted by Crippen LogP contribution is -2.15. The van der Waals surface area contributed by atoms with Crippen molar-refractivity contribution in [3.8, 4) is 0 Å². The van der Waals surface area contributed by atoms with Gasteiger partial charge in [-0.05, 0) is 41.7 Å². The molecule has 1 heterocycles. The normalized spacial score (nSPS) is 11.2. The van der Waals surface area contributed by atoms with Gasteiger partial charge in [-0.25, -0.2) is 4.98 Å². The average Bonchev–Trinajstić information content (AvgIpc) is 2.56. The maximum Gasteiger partial charge on any atom is 0.256 e. The van der Waals surface area contributed by atoms with Crippen LogP contribution in [0.15, 0.2) is 42.6 Å². The average molecular weight is 325 g/mol. The second-order valence-electron chi connectivity index (χ2n) is 6.99. The second kappa shape index (κ2) is 7.95. The molecule has 0 bridgehead atoms. The van der Waals surface area contributed by atoms with E-state index in [4.69, 9.17) is 0 Å². The van der Waals surface area contributed by atoms with Crippen LogP contribution in [0.4, 0.5) is 11.5 Å². The SMILES string of the molecule is CCCCNc1ccc(NC(=O)c2ccc(C(C)(C)C)cc2)nc1. The minimum absolute atomic E-state index is 0.0805. The zero-order valence-corrected chi connectivity index (χ0v) is 15.0. The molecule has 0 atom stereocenters. The van der Waals surface area contributed by atoms with E-state index in [1.165, 1.54) is 5.56 Å². The third kappa shape index (κ3) is 5.08. The Morgan fingerprint density at radius 2 is 1.79 bits per heavy atom. The molecule has 0 aliphatic carbocycles. The minimum Gasteiger partial charge on any atom is -0.384 e. The van der Waals surface area contributed by atoms with E-state index < -0.39 is 0 Å². The van der Waals surface area contributed by atoms with Gasteiger partial charge in [-0.1, -0.05) is 46.2 Å². The highest BCUT2D eigenvalue weighted by atomic mass is 16.1. The molecule has 4 nitrogen and oxygen atoms in total. The number of unbranched alkanes of at least 4 members (excludes halogenated alkanes) is 1. The van der Waals surface area contributed by atoms with Gasteiger partial charge in [0, 0.05) is 12.1 Å². The summed E-state index contributed by atoms with van der Waals surface area (Å²) in [6.45, 7) is 9.56. The molecule has 0 saturated heterocycles. The molecular formula is C20H27N3O. The van der Waals surface area contributed by atoms with Gasteiger partial charge in [-0.3, -0.25) is 4.79 Å². The Morgan fingerprint density at radius 1 is 1.08 bits per heavy atom. The smallest absolute Gasteiger partial charge is 0.256 e. The van der Waals surface area contributed by atoms with Crippen molar-refractivity contribution in [2.45, 2.75) is 46.0 Å². The summed E-state index contributed by atoms with van der Waals surface area (Å²) in [7, 11) is 0. The Balaban J connectivity index is 1.96. The fourth-order valence-electron chi connectivity index (χ4n) is 2.29. The van der Waals surface area contributed by atoms with E-state index in [0.29, 0.717) is 11.4 Å². The van der Waals surface area contributed by atoms with Crippen LogP contribution in [0.1, 0.15) is 56.5 Å². The summed E-state index contributed by atoms with van der Waals surface area (Å²) >= 11 is 0. The largest absolute Gasteiger partial charge is 0.384 e. The summed E-state index contributed by atoms with van der Waals surface area (Å²) in [5, 5.41) is 6.14. The lowest BCUT2D eigenvalue weighted by atomic mass is 9.87. The van der Waals surface area contributed by atoms with Crippen LogP contribution in [0.2, 0.25) is 0 Å². The van der Waals surface area contributed by atoms with Crippen LogP contribution in [0.5, 0.6) is 0 Å². The van der Waals surface area contributed by atoms with Crippen molar-refractivity contribution in [3.05, 3.63) is 53.7 Å². The number of aromatic nitrogens is 1. The molecule has 1 aromatic heterocycles. The fourth-order valence-corrected chi connectivity index (χ4v) is 2.29. The maximum atomic E-state index is 12.3. The van der Waals surface area contributed by atoms with Crippen molar-refractivity contribution in [3.63, 3.8) is 0 Å². The Hall–Kier alpha value is -2.36. The summed E-state index contributed by atoms with van der Waals surface area (Å²) < 4.78 is 0. The summed E-state index contributed by atoms with van der Waals surface area (Å²) in [5.41, 5.74) is 2.89. The van der Waals surface area contributed by atoms with Gasteiger partial charge in [0.2, 0.25) is 0 Å². The number of anilines is 2. The molecular weight excluding hydrogens is 298 g/mol. The number of hydrogen-bond acceptors (Lipinski definition) is 3. The molecule has 0 unspecified atom stereocenters. The highest BCUT2D eigenvalue weighted by Gasteiger charge is 2.14. The molecule has 0 radical (unpaired) electrons. The van der Waals surface area contributed by atoms with Crippen LogP contribution in [-0.4, -0.2) is 17.4 Å². The zero-order chi connectivity index (χ0) is 17.6. The third-order valence-corrected chi connectivity index (χ3v) is 3.88. The van der Waals surface area contributed by atoms with E-state index in [-0.39, 0.29) is 11.3 Å². The van der Waals surface area contributed by atoms with Gasteiger partial charge < -0.3 is 10.6 Å². The van der Waals surface area contributed by atoms with Crippen LogP contribution < -0.4 is 10.6 Å². The van der Waals surface area contributed by atoms with Crippen LogP contribution in [0.25, 0.3) is 0 Å². The van der Waals surface area contributed by atoms with Crippen LogP contribution in [0.3, 0.4) is 0 Å². The molecule has 1 amide bonds. The van der Waals surface area contributed by atoms with Crippen LogP contribution in [0, 0.1) is 0 Å². The highest BCUT2D eigenvalue weighted by molar-refractivity contribution is 6.03. The van der Waals surface area contributed by atoms with Gasteiger partial charge in [0.15, 0.2) is 0 Å². The fraction of sp³-hybridized carbons (Fsp3) is 0.400. The monoisotopic (exact) mass is 325 g/mol. The number of carbonyl (C=O) groups is 1. The summed E-state index contributed by atoms with van der Waals surface area (Å²) in [6.07, 6.45) is 4.03. The molecule has 2 aromatic rings. The summed E-state index contributed by atoms with van der Waals surface area (Å²) in [6, 6.07) is 11.5. The Bertz CT molecular complexity index is 655. The molecule has 128 valence electrons. The quantitative estimate of drug-likeness (QED) is 0.747. The molecule has 0 aliphatic heterocycles. The highest BCUT2D eigenvalue weighted by Crippen LogP contribution is 2.22. The van der Waals surface area contributed by atoms with Crippen LogP contribution in [-0.2, 0) is 5.41 Å². The molecule has 0 fully saturated rings. The summed E-state index contributed by atoms with van der Waals surface area (Å²) in [4.78, 5) is 16.6. The number of nitrogens with one attached hydrogen (secondary N) is 2. The maximum absolute atomic E-state index is 12.3. The van der Waals surface area contributed by atoms with Gasteiger partial charge >= 0.3 is 0 Å². The molecule has 24 heavy (non-hydrogen) atoms. The molecule has 2 N–H and O–H groups in total. The van der Waals surface area contributed by atoms with E-state index in [9.17, 15) is 4.79 Å². The Labute approximate surface area is 144 Å². The molecule has 4 heteroatoms. The minimum atomic E-state index is -0.144. The number of pyridine rings is 1. The number of nitrogens with zero attached hydrogens (tertiary/aromatic N) is 1. The van der Waals surface area contributed by atoms with Crippen molar-refractivity contribution in [1.82, 2.24) is 4.98 Å². The predicted molar refractivity (Wildman–Crippen MR) is 101 cm³/mol. The van der Waals surface area contributed by atoms with E-state index >= 15 is 0 Å². The topological polar surface area (TPSA) is 54.0 Å². The summed E-state index contributed by atoms with van der Waals surface area (Å²) in [5.74, 6) is 0.413. The molecule has 0 saturated carbocycles. The third-order valence-electron chi connectivity index (χ3n) is 3.88. The zero-order valence-electron chi connectivity index (χ0n) is 15.0. The van der Waals surface area contributed by atoms with E-state index in [1.807, 2.05) is 36.4 Å². The predicted octanol–water partition coefficient (Wildman–Crippen LogP) is 4.84. The van der Waals surface area contributed by atoms with Gasteiger partial charge in [-0.2, -0.15) is 0 Å². The Kier molecular flexibility index (Phi) is 5.96. The molecule has 1 aromatic carbocycles. The molecule has 2 rings (SSSR count). The van der Waals surface area contributed by atoms with E-state index in [0.717, 1.165) is 25.1 Å². The molecule has 0 aliphatic rings. The van der Waals surface area contributed by atoms with Gasteiger partial charge in [0.05, 0.1) is 11.9 Å². The van der Waals surface area contributed by atoms with Crippen molar-refractivity contribution in [2.75, 3.05) is 17.2 Å². The van der Waals surface area contributed by atoms with Crippen LogP contribution >= 0.6 is 0 Å². The number of rotatable bonds is 6. The van der Waals surface area contributed by atoms with Crippen molar-refractivity contribution in [1.29, 1.82) is 0 Å². The first-order chi connectivity index (χ1) is 11.4.